The van der Waals surface area contributed by atoms with Crippen molar-refractivity contribution in [2.45, 2.75) is 24.6 Å². The molecule has 3 rings (SSSR count). The van der Waals surface area contributed by atoms with Crippen LogP contribution in [0.1, 0.15) is 24.0 Å². The number of piperidine rings is 1. The maximum atomic E-state index is 12.8. The van der Waals surface area contributed by atoms with E-state index in [1.54, 1.807) is 6.07 Å². The topological polar surface area (TPSA) is 35.5 Å². The summed E-state index contributed by atoms with van der Waals surface area (Å²) in [5.41, 5.74) is -0.507. The smallest absolute Gasteiger partial charge is 0.385 e. The molecule has 1 aliphatic rings. The molecule has 2 aromatic rings. The van der Waals surface area contributed by atoms with E-state index in [0.717, 1.165) is 22.2 Å². The van der Waals surface area contributed by atoms with E-state index in [2.05, 4.69) is 21.2 Å². The quantitative estimate of drug-likeness (QED) is 0.610. The standard InChI is InChI=1S/C19H18BrF3N2OS/c20-15-6-4-13(5-7-15)18(26)8-10-25(11-9-18)17(27)24-16-3-1-2-14(12-16)19(21,22)23/h1-7,12,26H,8-11H2,(H,24,27). The van der Waals surface area contributed by atoms with Crippen molar-refractivity contribution in [3.63, 3.8) is 0 Å². The molecule has 8 heteroatoms. The van der Waals surface area contributed by atoms with Crippen LogP contribution in [0.2, 0.25) is 0 Å². The van der Waals surface area contributed by atoms with Gasteiger partial charge in [-0.1, -0.05) is 34.1 Å². The highest BCUT2D eigenvalue weighted by atomic mass is 79.9. The van der Waals surface area contributed by atoms with Crippen molar-refractivity contribution < 1.29 is 18.3 Å². The van der Waals surface area contributed by atoms with Gasteiger partial charge in [-0.15, -0.1) is 0 Å². The van der Waals surface area contributed by atoms with Gasteiger partial charge in [0.15, 0.2) is 5.11 Å². The lowest BCUT2D eigenvalue weighted by atomic mass is 9.84. The van der Waals surface area contributed by atoms with Crippen molar-refractivity contribution >= 4 is 38.9 Å². The monoisotopic (exact) mass is 458 g/mol. The summed E-state index contributed by atoms with van der Waals surface area (Å²) in [6.07, 6.45) is -3.43. The summed E-state index contributed by atoms with van der Waals surface area (Å²) in [4.78, 5) is 1.86. The molecule has 144 valence electrons. The Morgan fingerprint density at radius 3 is 2.33 bits per heavy atom. The van der Waals surface area contributed by atoms with Gasteiger partial charge in [0.1, 0.15) is 0 Å². The molecule has 2 aromatic carbocycles. The lowest BCUT2D eigenvalue weighted by Gasteiger charge is -2.39. The number of rotatable bonds is 2. The summed E-state index contributed by atoms with van der Waals surface area (Å²) < 4.78 is 39.4. The summed E-state index contributed by atoms with van der Waals surface area (Å²) >= 11 is 8.73. The van der Waals surface area contributed by atoms with Gasteiger partial charge in [0, 0.05) is 23.2 Å². The predicted molar refractivity (Wildman–Crippen MR) is 107 cm³/mol. The number of alkyl halides is 3. The zero-order valence-corrected chi connectivity index (χ0v) is 16.7. The predicted octanol–water partition coefficient (Wildman–Crippen LogP) is 5.15. The van der Waals surface area contributed by atoms with Gasteiger partial charge >= 0.3 is 6.18 Å². The Hall–Kier alpha value is -1.64. The number of anilines is 1. The Morgan fingerprint density at radius 1 is 1.11 bits per heavy atom. The van der Waals surface area contributed by atoms with Crippen LogP contribution in [0.4, 0.5) is 18.9 Å². The molecule has 0 saturated carbocycles. The van der Waals surface area contributed by atoms with E-state index in [1.807, 2.05) is 29.2 Å². The first-order valence-corrected chi connectivity index (χ1v) is 9.59. The minimum atomic E-state index is -4.40. The fourth-order valence-corrected chi connectivity index (χ4v) is 3.67. The number of likely N-dealkylation sites (tertiary alicyclic amines) is 1. The second kappa shape index (κ2) is 7.77. The van der Waals surface area contributed by atoms with Crippen molar-refractivity contribution in [2.75, 3.05) is 18.4 Å². The van der Waals surface area contributed by atoms with Crippen LogP contribution < -0.4 is 5.32 Å². The average molecular weight is 459 g/mol. The van der Waals surface area contributed by atoms with Crippen LogP contribution in [-0.2, 0) is 11.8 Å². The summed E-state index contributed by atoms with van der Waals surface area (Å²) in [6.45, 7) is 1.02. The first-order valence-electron chi connectivity index (χ1n) is 8.39. The van der Waals surface area contributed by atoms with E-state index >= 15 is 0 Å². The van der Waals surface area contributed by atoms with Gasteiger partial charge in [0.05, 0.1) is 11.2 Å². The van der Waals surface area contributed by atoms with Crippen molar-refractivity contribution in [1.82, 2.24) is 4.90 Å². The minimum Gasteiger partial charge on any atom is -0.385 e. The highest BCUT2D eigenvalue weighted by Crippen LogP contribution is 2.34. The SMILES string of the molecule is OC1(c2ccc(Br)cc2)CCN(C(=S)Nc2cccc(C(F)(F)F)c2)CC1. The van der Waals surface area contributed by atoms with E-state index in [4.69, 9.17) is 12.2 Å². The number of thiocarbonyl (C=S) groups is 1. The van der Waals surface area contributed by atoms with Crippen LogP contribution in [0.3, 0.4) is 0 Å². The van der Waals surface area contributed by atoms with Gasteiger partial charge < -0.3 is 15.3 Å². The Bertz CT molecular complexity index is 818. The fourth-order valence-electron chi connectivity index (χ4n) is 3.10. The van der Waals surface area contributed by atoms with Gasteiger partial charge in [-0.05, 0) is 61.0 Å². The lowest BCUT2D eigenvalue weighted by Crippen LogP contribution is -2.46. The van der Waals surface area contributed by atoms with Crippen LogP contribution in [-0.4, -0.2) is 28.2 Å². The molecule has 0 aromatic heterocycles. The first kappa shape index (κ1) is 20.1. The summed E-state index contributed by atoms with van der Waals surface area (Å²) in [5, 5.41) is 14.1. The van der Waals surface area contributed by atoms with E-state index < -0.39 is 17.3 Å². The van der Waals surface area contributed by atoms with Crippen molar-refractivity contribution in [3.8, 4) is 0 Å². The number of halogens is 4. The summed E-state index contributed by atoms with van der Waals surface area (Å²) in [7, 11) is 0. The molecule has 1 saturated heterocycles. The summed E-state index contributed by atoms with van der Waals surface area (Å²) in [5.74, 6) is 0. The zero-order chi connectivity index (χ0) is 19.7. The first-order chi connectivity index (χ1) is 12.7. The molecule has 0 radical (unpaired) electrons. The molecule has 3 nitrogen and oxygen atoms in total. The number of hydrogen-bond acceptors (Lipinski definition) is 2. The lowest BCUT2D eigenvalue weighted by molar-refractivity contribution is -0.137. The van der Waals surface area contributed by atoms with Gasteiger partial charge in [-0.3, -0.25) is 0 Å². The molecule has 1 fully saturated rings. The molecule has 27 heavy (non-hydrogen) atoms. The number of nitrogens with one attached hydrogen (secondary N) is 1. The van der Waals surface area contributed by atoms with Crippen LogP contribution in [0, 0.1) is 0 Å². The molecule has 0 atom stereocenters. The van der Waals surface area contributed by atoms with Gasteiger partial charge in [0.2, 0.25) is 0 Å². The average Bonchev–Trinajstić information content (AvgIpc) is 2.62. The van der Waals surface area contributed by atoms with E-state index in [1.165, 1.54) is 6.07 Å². The Labute approximate surface area is 169 Å². The third kappa shape index (κ3) is 4.80. The Balaban J connectivity index is 1.63. The zero-order valence-electron chi connectivity index (χ0n) is 14.3. The highest BCUT2D eigenvalue weighted by molar-refractivity contribution is 9.10. The summed E-state index contributed by atoms with van der Waals surface area (Å²) in [6, 6.07) is 12.5. The van der Waals surface area contributed by atoms with Gasteiger partial charge in [-0.25, -0.2) is 0 Å². The fraction of sp³-hybridized carbons (Fsp3) is 0.316. The second-order valence-electron chi connectivity index (χ2n) is 6.53. The van der Waals surface area contributed by atoms with Gasteiger partial charge in [-0.2, -0.15) is 13.2 Å². The highest BCUT2D eigenvalue weighted by Gasteiger charge is 2.35. The number of hydrogen-bond donors (Lipinski definition) is 2. The van der Waals surface area contributed by atoms with Crippen LogP contribution >= 0.6 is 28.1 Å². The molecule has 0 aliphatic carbocycles. The molecule has 0 spiro atoms. The van der Waals surface area contributed by atoms with Crippen LogP contribution in [0.5, 0.6) is 0 Å². The maximum absolute atomic E-state index is 12.8. The van der Waals surface area contributed by atoms with E-state index in [0.29, 0.717) is 36.7 Å². The normalized spacial score (nSPS) is 16.9. The van der Waals surface area contributed by atoms with Gasteiger partial charge in [0.25, 0.3) is 0 Å². The number of aliphatic hydroxyl groups is 1. The molecule has 1 aliphatic heterocycles. The maximum Gasteiger partial charge on any atom is 0.416 e. The third-order valence-corrected chi connectivity index (χ3v) is 5.59. The van der Waals surface area contributed by atoms with Crippen LogP contribution in [0.25, 0.3) is 0 Å². The Kier molecular flexibility index (Phi) is 5.79. The molecular formula is C19H18BrF3N2OS. The number of benzene rings is 2. The van der Waals surface area contributed by atoms with E-state index in [-0.39, 0.29) is 0 Å². The van der Waals surface area contributed by atoms with E-state index in [9.17, 15) is 18.3 Å². The van der Waals surface area contributed by atoms with Crippen molar-refractivity contribution in [2.24, 2.45) is 0 Å². The molecule has 0 bridgehead atoms. The second-order valence-corrected chi connectivity index (χ2v) is 7.84. The molecule has 0 unspecified atom stereocenters. The Morgan fingerprint density at radius 2 is 1.74 bits per heavy atom. The molecular weight excluding hydrogens is 441 g/mol. The van der Waals surface area contributed by atoms with Crippen molar-refractivity contribution in [1.29, 1.82) is 0 Å². The molecule has 0 amide bonds. The van der Waals surface area contributed by atoms with Crippen LogP contribution in [0.15, 0.2) is 53.0 Å². The minimum absolute atomic E-state index is 0.295. The van der Waals surface area contributed by atoms with Crippen molar-refractivity contribution in [3.05, 3.63) is 64.1 Å². The largest absolute Gasteiger partial charge is 0.416 e. The molecule has 2 N–H and O–H groups in total. The number of nitrogens with zero attached hydrogens (tertiary/aromatic N) is 1. The molecule has 1 heterocycles. The third-order valence-electron chi connectivity index (χ3n) is 4.70.